The molecule has 0 saturated heterocycles. The first kappa shape index (κ1) is 11.0. The first-order valence-corrected chi connectivity index (χ1v) is 5.15. The van der Waals surface area contributed by atoms with Gasteiger partial charge in [-0.2, -0.15) is 10.5 Å². The molecule has 1 N–H and O–H groups in total. The maximum atomic E-state index is 12.1. The van der Waals surface area contributed by atoms with Crippen LogP contribution in [0.25, 0.3) is 0 Å². The zero-order valence-corrected chi connectivity index (χ0v) is 9.08. The number of benzene rings is 2. The Hall–Kier alpha value is -2.49. The second-order valence-corrected chi connectivity index (χ2v) is 3.42. The highest BCUT2D eigenvalue weighted by atomic mass is 16.2. The van der Waals surface area contributed by atoms with Gasteiger partial charge in [-0.25, -0.2) is 0 Å². The predicted molar refractivity (Wildman–Crippen MR) is 64.8 cm³/mol. The van der Waals surface area contributed by atoms with Crippen LogP contribution in [0.2, 0.25) is 0 Å². The van der Waals surface area contributed by atoms with E-state index < -0.39 is 0 Å². The van der Waals surface area contributed by atoms with Crippen molar-refractivity contribution in [3.63, 3.8) is 0 Å². The van der Waals surface area contributed by atoms with E-state index in [1.165, 1.54) is 0 Å². The maximum absolute atomic E-state index is 12.1. The van der Waals surface area contributed by atoms with E-state index in [4.69, 9.17) is 5.53 Å². The van der Waals surface area contributed by atoms with Gasteiger partial charge in [0.2, 0.25) is 0 Å². The van der Waals surface area contributed by atoms with Crippen LogP contribution in [0.3, 0.4) is 0 Å². The van der Waals surface area contributed by atoms with Crippen LogP contribution in [0, 0.1) is 5.53 Å². The lowest BCUT2D eigenvalue weighted by molar-refractivity contribution is 0.0985. The molecule has 4 nitrogen and oxygen atoms in total. The molecule has 4 heteroatoms. The van der Waals surface area contributed by atoms with Crippen molar-refractivity contribution in [2.24, 2.45) is 5.22 Å². The molecule has 0 radical (unpaired) electrons. The topological polar surface area (TPSA) is 56.5 Å². The molecule has 2 aromatic carbocycles. The molecule has 0 heterocycles. The summed E-state index contributed by atoms with van der Waals surface area (Å²) in [6, 6.07) is 17.7. The number of para-hydroxylation sites is 1. The van der Waals surface area contributed by atoms with E-state index in [9.17, 15) is 4.79 Å². The second kappa shape index (κ2) is 5.03. The molecule has 0 aliphatic rings. The zero-order chi connectivity index (χ0) is 12.1. The number of anilines is 1. The van der Waals surface area contributed by atoms with Crippen LogP contribution >= 0.6 is 0 Å². The molecule has 0 aliphatic carbocycles. The quantitative estimate of drug-likeness (QED) is 0.632. The minimum atomic E-state index is -0.313. The monoisotopic (exact) mass is 225 g/mol. The lowest BCUT2D eigenvalue weighted by Gasteiger charge is -2.14. The molecule has 84 valence electrons. The predicted octanol–water partition coefficient (Wildman–Crippen LogP) is 3.28. The van der Waals surface area contributed by atoms with Crippen molar-refractivity contribution >= 4 is 11.6 Å². The maximum Gasteiger partial charge on any atom is 0.280 e. The summed E-state index contributed by atoms with van der Waals surface area (Å²) in [5, 5.41) is 4.33. The van der Waals surface area contributed by atoms with Crippen LogP contribution in [0.5, 0.6) is 0 Å². The number of carbonyl (C=O) groups is 1. The third kappa shape index (κ3) is 2.36. The van der Waals surface area contributed by atoms with Crippen LogP contribution < -0.4 is 5.01 Å². The number of nitrogens with one attached hydrogen (secondary N) is 1. The highest BCUT2D eigenvalue weighted by Gasteiger charge is 2.16. The minimum absolute atomic E-state index is 0.313. The Balaban J connectivity index is 2.32. The van der Waals surface area contributed by atoms with E-state index in [-0.39, 0.29) is 5.91 Å². The van der Waals surface area contributed by atoms with E-state index in [0.29, 0.717) is 11.3 Å². The van der Waals surface area contributed by atoms with Crippen molar-refractivity contribution in [3.05, 3.63) is 66.2 Å². The molecular formula is C13H11N3O. The summed E-state index contributed by atoms with van der Waals surface area (Å²) in [5.74, 6) is -0.313. The van der Waals surface area contributed by atoms with Gasteiger partial charge >= 0.3 is 0 Å². The fourth-order valence-electron chi connectivity index (χ4n) is 1.49. The normalized spacial score (nSPS) is 9.65. The number of hydrogen-bond acceptors (Lipinski definition) is 3. The summed E-state index contributed by atoms with van der Waals surface area (Å²) in [6.45, 7) is 0. The van der Waals surface area contributed by atoms with Gasteiger partial charge in [0.1, 0.15) is 0 Å². The molecule has 0 atom stereocenters. The first-order chi connectivity index (χ1) is 8.33. The SMILES string of the molecule is N=NN(C(=O)c1ccccc1)c1ccccc1. The molecule has 0 aliphatic heterocycles. The van der Waals surface area contributed by atoms with Crippen LogP contribution in [0.15, 0.2) is 65.9 Å². The van der Waals surface area contributed by atoms with Crippen molar-refractivity contribution in [2.45, 2.75) is 0 Å². The van der Waals surface area contributed by atoms with Gasteiger partial charge in [-0.1, -0.05) is 41.6 Å². The van der Waals surface area contributed by atoms with Gasteiger partial charge in [-0.05, 0) is 24.3 Å². The smallest absolute Gasteiger partial charge is 0.267 e. The van der Waals surface area contributed by atoms with Gasteiger partial charge in [0.25, 0.3) is 5.91 Å². The Morgan fingerprint density at radius 3 is 2.00 bits per heavy atom. The standard InChI is InChI=1S/C13H11N3O/c14-15-16(12-9-5-2-6-10-12)13(17)11-7-3-1-4-8-11/h1-10,14H. The van der Waals surface area contributed by atoms with Crippen molar-refractivity contribution in [3.8, 4) is 0 Å². The molecule has 1 amide bonds. The summed E-state index contributed by atoms with van der Waals surface area (Å²) >= 11 is 0. The minimum Gasteiger partial charge on any atom is -0.267 e. The summed E-state index contributed by atoms with van der Waals surface area (Å²) in [6.07, 6.45) is 0. The lowest BCUT2D eigenvalue weighted by Crippen LogP contribution is -2.24. The average Bonchev–Trinajstić information content (AvgIpc) is 2.42. The number of rotatable bonds is 3. The van der Waals surface area contributed by atoms with E-state index >= 15 is 0 Å². The summed E-state index contributed by atoms with van der Waals surface area (Å²) in [7, 11) is 0. The Labute approximate surface area is 99.0 Å². The van der Waals surface area contributed by atoms with Crippen LogP contribution in [0.1, 0.15) is 10.4 Å². The van der Waals surface area contributed by atoms with Crippen LogP contribution in [0.4, 0.5) is 5.69 Å². The molecule has 2 rings (SSSR count). The highest BCUT2D eigenvalue weighted by Crippen LogP contribution is 2.16. The Morgan fingerprint density at radius 1 is 0.941 bits per heavy atom. The van der Waals surface area contributed by atoms with Gasteiger partial charge in [0, 0.05) is 5.56 Å². The third-order valence-corrected chi connectivity index (χ3v) is 2.31. The van der Waals surface area contributed by atoms with Crippen molar-refractivity contribution in [2.75, 3.05) is 5.01 Å². The van der Waals surface area contributed by atoms with Gasteiger partial charge in [-0.15, -0.1) is 0 Å². The summed E-state index contributed by atoms with van der Waals surface area (Å²) < 4.78 is 0. The molecule has 17 heavy (non-hydrogen) atoms. The number of hydrogen-bond donors (Lipinski definition) is 1. The van der Waals surface area contributed by atoms with E-state index in [1.807, 2.05) is 12.1 Å². The van der Waals surface area contributed by atoms with Crippen LogP contribution in [-0.4, -0.2) is 5.91 Å². The number of amides is 1. The van der Waals surface area contributed by atoms with Gasteiger partial charge in [0.05, 0.1) is 5.69 Å². The highest BCUT2D eigenvalue weighted by molar-refractivity contribution is 6.05. The zero-order valence-electron chi connectivity index (χ0n) is 9.08. The molecule has 0 saturated carbocycles. The Morgan fingerprint density at radius 2 is 1.47 bits per heavy atom. The van der Waals surface area contributed by atoms with Gasteiger partial charge in [-0.3, -0.25) is 4.79 Å². The van der Waals surface area contributed by atoms with Gasteiger partial charge in [0.15, 0.2) is 0 Å². The van der Waals surface area contributed by atoms with Crippen molar-refractivity contribution in [1.82, 2.24) is 0 Å². The summed E-state index contributed by atoms with van der Waals surface area (Å²) in [4.78, 5) is 12.1. The number of nitrogens with zero attached hydrogens (tertiary/aromatic N) is 2. The van der Waals surface area contributed by atoms with Crippen molar-refractivity contribution in [1.29, 1.82) is 5.53 Å². The summed E-state index contributed by atoms with van der Waals surface area (Å²) in [5.41, 5.74) is 8.19. The molecule has 0 fully saturated rings. The third-order valence-electron chi connectivity index (χ3n) is 2.31. The van der Waals surface area contributed by atoms with Crippen molar-refractivity contribution < 1.29 is 4.79 Å². The molecule has 2 aromatic rings. The largest absolute Gasteiger partial charge is 0.280 e. The fourth-order valence-corrected chi connectivity index (χ4v) is 1.49. The fraction of sp³-hybridized carbons (Fsp3) is 0. The number of carbonyl (C=O) groups excluding carboxylic acids is 1. The Bertz CT molecular complexity index is 511. The van der Waals surface area contributed by atoms with E-state index in [1.54, 1.807) is 48.5 Å². The van der Waals surface area contributed by atoms with E-state index in [2.05, 4.69) is 5.22 Å². The second-order valence-electron chi connectivity index (χ2n) is 3.42. The van der Waals surface area contributed by atoms with Gasteiger partial charge < -0.3 is 0 Å². The average molecular weight is 225 g/mol. The molecule has 0 spiro atoms. The molecular weight excluding hydrogens is 214 g/mol. The Kier molecular flexibility index (Phi) is 3.25. The van der Waals surface area contributed by atoms with E-state index in [0.717, 1.165) is 5.01 Å². The molecule has 0 bridgehead atoms. The molecule has 0 unspecified atom stereocenters. The lowest BCUT2D eigenvalue weighted by atomic mass is 10.2. The first-order valence-electron chi connectivity index (χ1n) is 5.15. The molecule has 0 aromatic heterocycles. The van der Waals surface area contributed by atoms with Crippen LogP contribution in [-0.2, 0) is 0 Å².